The Labute approximate surface area is 119 Å². The molecule has 2 heterocycles. The largest absolute Gasteiger partial charge is 0.481 e. The molecule has 0 bridgehead atoms. The summed E-state index contributed by atoms with van der Waals surface area (Å²) in [6.45, 7) is 4.91. The summed E-state index contributed by atoms with van der Waals surface area (Å²) in [6.07, 6.45) is 2.94. The van der Waals surface area contributed by atoms with Gasteiger partial charge >= 0.3 is 12.0 Å². The summed E-state index contributed by atoms with van der Waals surface area (Å²) in [5, 5.41) is 12.3. The van der Waals surface area contributed by atoms with Crippen LogP contribution in [0, 0.1) is 11.3 Å². The van der Waals surface area contributed by atoms with Crippen LogP contribution in [0.15, 0.2) is 0 Å². The fourth-order valence-corrected chi connectivity index (χ4v) is 3.01. The molecule has 0 radical (unpaired) electrons. The van der Waals surface area contributed by atoms with Crippen LogP contribution in [0.25, 0.3) is 0 Å². The molecule has 0 saturated carbocycles. The van der Waals surface area contributed by atoms with E-state index in [9.17, 15) is 14.7 Å². The van der Waals surface area contributed by atoms with E-state index in [-0.39, 0.29) is 6.03 Å². The van der Waals surface area contributed by atoms with Gasteiger partial charge < -0.3 is 20.1 Å². The second-order valence-corrected chi connectivity index (χ2v) is 5.88. The van der Waals surface area contributed by atoms with E-state index >= 15 is 0 Å². The monoisotopic (exact) mass is 284 g/mol. The van der Waals surface area contributed by atoms with E-state index in [1.54, 1.807) is 4.90 Å². The van der Waals surface area contributed by atoms with Crippen molar-refractivity contribution in [1.29, 1.82) is 0 Å². The number of amides is 2. The van der Waals surface area contributed by atoms with Crippen LogP contribution in [0.4, 0.5) is 4.79 Å². The first-order valence-electron chi connectivity index (χ1n) is 7.41. The molecule has 0 aliphatic carbocycles. The lowest BCUT2D eigenvalue weighted by molar-refractivity contribution is -0.152. The first-order chi connectivity index (χ1) is 9.57. The molecular formula is C14H24N2O4. The lowest BCUT2D eigenvalue weighted by Gasteiger charge is -2.39. The predicted molar refractivity (Wildman–Crippen MR) is 73.5 cm³/mol. The Kier molecular flexibility index (Phi) is 4.86. The number of hydrogen-bond acceptors (Lipinski definition) is 3. The highest BCUT2D eigenvalue weighted by atomic mass is 16.5. The number of likely N-dealkylation sites (tertiary alicyclic amines) is 1. The highest BCUT2D eigenvalue weighted by Crippen LogP contribution is 2.33. The highest BCUT2D eigenvalue weighted by Gasteiger charge is 2.42. The summed E-state index contributed by atoms with van der Waals surface area (Å²) in [7, 11) is 0. The minimum Gasteiger partial charge on any atom is -0.481 e. The zero-order valence-electron chi connectivity index (χ0n) is 12.1. The third-order valence-corrected chi connectivity index (χ3v) is 4.56. The minimum atomic E-state index is -0.790. The number of hydrogen-bond donors (Lipinski definition) is 2. The van der Waals surface area contributed by atoms with Crippen molar-refractivity contribution in [3.63, 3.8) is 0 Å². The molecule has 2 fully saturated rings. The average Bonchev–Trinajstić information content (AvgIpc) is 2.97. The molecule has 0 aromatic carbocycles. The van der Waals surface area contributed by atoms with Gasteiger partial charge in [0.2, 0.25) is 0 Å². The maximum Gasteiger partial charge on any atom is 0.317 e. The molecule has 6 heteroatoms. The average molecular weight is 284 g/mol. The van der Waals surface area contributed by atoms with Crippen molar-refractivity contribution in [1.82, 2.24) is 10.2 Å². The molecule has 0 aromatic rings. The van der Waals surface area contributed by atoms with Crippen LogP contribution in [-0.4, -0.2) is 54.9 Å². The molecule has 2 atom stereocenters. The SMILES string of the molecule is CCC1(C(=O)O)CCCN(C(=O)NCC2CCOC2)C1. The Balaban J connectivity index is 1.87. The van der Waals surface area contributed by atoms with Crippen LogP contribution in [0.3, 0.4) is 0 Å². The van der Waals surface area contributed by atoms with Crippen molar-refractivity contribution in [2.45, 2.75) is 32.6 Å². The summed E-state index contributed by atoms with van der Waals surface area (Å²) in [6, 6.07) is -0.143. The van der Waals surface area contributed by atoms with Gasteiger partial charge in [-0.2, -0.15) is 0 Å². The molecule has 0 aromatic heterocycles. The normalized spacial score (nSPS) is 30.2. The van der Waals surface area contributed by atoms with Gasteiger partial charge in [0, 0.05) is 32.2 Å². The number of urea groups is 1. The summed E-state index contributed by atoms with van der Waals surface area (Å²) in [4.78, 5) is 25.3. The number of nitrogens with one attached hydrogen (secondary N) is 1. The van der Waals surface area contributed by atoms with E-state index in [4.69, 9.17) is 4.74 Å². The van der Waals surface area contributed by atoms with Crippen molar-refractivity contribution < 1.29 is 19.4 Å². The molecule has 2 unspecified atom stereocenters. The van der Waals surface area contributed by atoms with Crippen molar-refractivity contribution in [2.75, 3.05) is 32.8 Å². The molecular weight excluding hydrogens is 260 g/mol. The van der Waals surface area contributed by atoms with Crippen LogP contribution < -0.4 is 5.32 Å². The van der Waals surface area contributed by atoms with E-state index in [0.29, 0.717) is 45.0 Å². The van der Waals surface area contributed by atoms with Crippen molar-refractivity contribution >= 4 is 12.0 Å². The molecule has 0 spiro atoms. The van der Waals surface area contributed by atoms with Gasteiger partial charge in [0.1, 0.15) is 0 Å². The van der Waals surface area contributed by atoms with Gasteiger partial charge in [0.25, 0.3) is 0 Å². The third kappa shape index (κ3) is 3.23. The van der Waals surface area contributed by atoms with Gasteiger partial charge in [0.15, 0.2) is 0 Å². The number of piperidine rings is 1. The maximum atomic E-state index is 12.2. The van der Waals surface area contributed by atoms with Gasteiger partial charge in [-0.25, -0.2) is 4.79 Å². The van der Waals surface area contributed by atoms with Gasteiger partial charge in [-0.15, -0.1) is 0 Å². The number of carboxylic acids is 1. The smallest absolute Gasteiger partial charge is 0.317 e. The van der Waals surface area contributed by atoms with E-state index in [2.05, 4.69) is 5.32 Å². The summed E-state index contributed by atoms with van der Waals surface area (Å²) < 4.78 is 5.27. The van der Waals surface area contributed by atoms with E-state index < -0.39 is 11.4 Å². The van der Waals surface area contributed by atoms with Crippen LogP contribution in [-0.2, 0) is 9.53 Å². The first kappa shape index (κ1) is 15.1. The van der Waals surface area contributed by atoms with Crippen molar-refractivity contribution in [2.24, 2.45) is 11.3 Å². The number of carboxylic acid groups (broad SMARTS) is 1. The summed E-state index contributed by atoms with van der Waals surface area (Å²) in [5.41, 5.74) is -0.772. The Bertz CT molecular complexity index is 368. The second kappa shape index (κ2) is 6.43. The molecule has 2 N–H and O–H groups in total. The fourth-order valence-electron chi connectivity index (χ4n) is 3.01. The van der Waals surface area contributed by atoms with Crippen molar-refractivity contribution in [3.8, 4) is 0 Å². The molecule has 6 nitrogen and oxygen atoms in total. The first-order valence-corrected chi connectivity index (χ1v) is 7.41. The Morgan fingerprint density at radius 2 is 2.30 bits per heavy atom. The fraction of sp³-hybridized carbons (Fsp3) is 0.857. The Morgan fingerprint density at radius 3 is 2.90 bits per heavy atom. The van der Waals surface area contributed by atoms with Gasteiger partial charge in [-0.3, -0.25) is 4.79 Å². The molecule has 2 aliphatic heterocycles. The molecule has 2 amide bonds. The van der Waals surface area contributed by atoms with Crippen LogP contribution in [0.1, 0.15) is 32.6 Å². The minimum absolute atomic E-state index is 0.143. The summed E-state index contributed by atoms with van der Waals surface area (Å²) in [5.74, 6) is -0.402. The number of carbonyl (C=O) groups excluding carboxylic acids is 1. The number of carbonyl (C=O) groups is 2. The number of rotatable bonds is 4. The molecule has 2 aliphatic rings. The topological polar surface area (TPSA) is 78.9 Å². The quantitative estimate of drug-likeness (QED) is 0.816. The van der Waals surface area contributed by atoms with Gasteiger partial charge in [-0.05, 0) is 25.7 Å². The molecule has 20 heavy (non-hydrogen) atoms. The Hall–Kier alpha value is -1.30. The second-order valence-electron chi connectivity index (χ2n) is 5.88. The van der Waals surface area contributed by atoms with Crippen LogP contribution in [0.5, 0.6) is 0 Å². The highest BCUT2D eigenvalue weighted by molar-refractivity contribution is 5.78. The molecule has 114 valence electrons. The zero-order valence-corrected chi connectivity index (χ0v) is 12.1. The number of nitrogens with zero attached hydrogens (tertiary/aromatic N) is 1. The zero-order chi connectivity index (χ0) is 14.6. The third-order valence-electron chi connectivity index (χ3n) is 4.56. The standard InChI is InChI=1S/C14H24N2O4/c1-2-14(12(17)18)5-3-6-16(10-14)13(19)15-8-11-4-7-20-9-11/h11H,2-10H2,1H3,(H,15,19)(H,17,18). The number of aliphatic carboxylic acids is 1. The predicted octanol–water partition coefficient (Wildman–Crippen LogP) is 1.31. The number of ether oxygens (including phenoxy) is 1. The lowest BCUT2D eigenvalue weighted by Crippen LogP contribution is -2.53. The molecule has 2 rings (SSSR count). The van der Waals surface area contributed by atoms with Crippen molar-refractivity contribution in [3.05, 3.63) is 0 Å². The van der Waals surface area contributed by atoms with E-state index in [1.807, 2.05) is 6.92 Å². The van der Waals surface area contributed by atoms with Gasteiger partial charge in [0.05, 0.1) is 12.0 Å². The van der Waals surface area contributed by atoms with E-state index in [1.165, 1.54) is 0 Å². The van der Waals surface area contributed by atoms with Crippen LogP contribution in [0.2, 0.25) is 0 Å². The van der Waals surface area contributed by atoms with E-state index in [0.717, 1.165) is 19.4 Å². The lowest BCUT2D eigenvalue weighted by atomic mass is 9.78. The maximum absolute atomic E-state index is 12.2. The Morgan fingerprint density at radius 1 is 1.50 bits per heavy atom. The van der Waals surface area contributed by atoms with Crippen LogP contribution >= 0.6 is 0 Å². The summed E-state index contributed by atoms with van der Waals surface area (Å²) >= 11 is 0. The molecule has 2 saturated heterocycles. The van der Waals surface area contributed by atoms with Gasteiger partial charge in [-0.1, -0.05) is 6.92 Å².